The van der Waals surface area contributed by atoms with Crippen molar-refractivity contribution in [3.05, 3.63) is 30.3 Å². The van der Waals surface area contributed by atoms with Crippen LogP contribution in [0.3, 0.4) is 0 Å². The number of hydrogen-bond acceptors (Lipinski definition) is 6. The molecule has 1 aromatic carbocycles. The molecule has 1 aliphatic heterocycles. The van der Waals surface area contributed by atoms with Gasteiger partial charge in [-0.15, -0.1) is 0 Å². The zero-order valence-corrected chi connectivity index (χ0v) is 13.9. The summed E-state index contributed by atoms with van der Waals surface area (Å²) in [4.78, 5) is 8.50. The van der Waals surface area contributed by atoms with E-state index in [0.29, 0.717) is 64.2 Å². The number of nitrogens with zero attached hydrogens (tertiary/aromatic N) is 2. The van der Waals surface area contributed by atoms with E-state index < -0.39 is 0 Å². The Bertz CT molecular complexity index is 558. The van der Waals surface area contributed by atoms with Crippen LogP contribution in [-0.4, -0.2) is 65.2 Å². The molecule has 0 saturated carbocycles. The molecule has 0 fully saturated rings. The molecular weight excluding hydrogens is 308 g/mol. The molecule has 0 bridgehead atoms. The Balaban J connectivity index is 1.98. The zero-order chi connectivity index (χ0) is 16.9. The summed E-state index contributed by atoms with van der Waals surface area (Å²) in [5.74, 6) is 1.38. The van der Waals surface area contributed by atoms with Crippen molar-refractivity contribution in [1.29, 1.82) is 0 Å². The summed E-state index contributed by atoms with van der Waals surface area (Å²) < 4.78 is 22.3. The first-order valence-electron chi connectivity index (χ1n) is 8.04. The molecule has 0 amide bonds. The first kappa shape index (κ1) is 18.2. The summed E-state index contributed by atoms with van der Waals surface area (Å²) >= 11 is 0. The highest BCUT2D eigenvalue weighted by Crippen LogP contribution is 2.28. The highest BCUT2D eigenvalue weighted by Gasteiger charge is 2.06. The Morgan fingerprint density at radius 1 is 0.833 bits per heavy atom. The summed E-state index contributed by atoms with van der Waals surface area (Å²) in [6.45, 7) is 7.86. The van der Waals surface area contributed by atoms with E-state index in [1.54, 1.807) is 18.5 Å². The molecule has 0 radical (unpaired) electrons. The van der Waals surface area contributed by atoms with Gasteiger partial charge < -0.3 is 18.9 Å². The van der Waals surface area contributed by atoms with Gasteiger partial charge in [0.15, 0.2) is 11.5 Å². The molecule has 6 nitrogen and oxygen atoms in total. The van der Waals surface area contributed by atoms with Gasteiger partial charge in [-0.2, -0.15) is 0 Å². The van der Waals surface area contributed by atoms with Crippen molar-refractivity contribution in [2.45, 2.75) is 0 Å². The number of rotatable bonds is 1. The molecule has 130 valence electrons. The fraction of sp³-hybridized carbons (Fsp3) is 0.444. The third kappa shape index (κ3) is 6.93. The Labute approximate surface area is 142 Å². The SMILES string of the molecule is C=Cc1ccc2c(c1)OCC/N=C/COCCOC/C=N/CCO2. The molecule has 0 aromatic heterocycles. The minimum absolute atomic E-state index is 0.467. The van der Waals surface area contributed by atoms with E-state index in [1.165, 1.54) is 0 Å². The average molecular weight is 332 g/mol. The quantitative estimate of drug-likeness (QED) is 0.791. The molecule has 0 unspecified atom stereocenters. The predicted octanol–water partition coefficient (Wildman–Crippen LogP) is 2.28. The van der Waals surface area contributed by atoms with Gasteiger partial charge in [-0.25, -0.2) is 0 Å². The van der Waals surface area contributed by atoms with E-state index in [4.69, 9.17) is 18.9 Å². The van der Waals surface area contributed by atoms with Crippen LogP contribution in [0.2, 0.25) is 0 Å². The van der Waals surface area contributed by atoms with Crippen molar-refractivity contribution in [2.75, 3.05) is 52.7 Å². The molecule has 1 aliphatic rings. The van der Waals surface area contributed by atoms with Gasteiger partial charge in [-0.3, -0.25) is 9.98 Å². The lowest BCUT2D eigenvalue weighted by atomic mass is 10.2. The van der Waals surface area contributed by atoms with Gasteiger partial charge in [0.1, 0.15) is 13.2 Å². The molecule has 1 aromatic rings. The molecule has 24 heavy (non-hydrogen) atoms. The Morgan fingerprint density at radius 2 is 1.46 bits per heavy atom. The monoisotopic (exact) mass is 332 g/mol. The average Bonchev–Trinajstić information content (AvgIpc) is 2.61. The van der Waals surface area contributed by atoms with E-state index in [2.05, 4.69) is 16.6 Å². The van der Waals surface area contributed by atoms with Gasteiger partial charge in [0.05, 0.1) is 39.5 Å². The second-order valence-electron chi connectivity index (χ2n) is 4.93. The maximum Gasteiger partial charge on any atom is 0.161 e. The summed E-state index contributed by atoms with van der Waals surface area (Å²) in [7, 11) is 0. The van der Waals surface area contributed by atoms with Crippen LogP contribution in [-0.2, 0) is 9.47 Å². The maximum absolute atomic E-state index is 5.79. The standard InChI is InChI=1S/C18H24N2O4/c1-2-16-3-4-17-18(15-16)24-12-8-20-6-10-22-14-13-21-9-5-19-7-11-23-17/h2-6,15H,1,7-14H2/b19-5+,20-6+. The molecule has 1 heterocycles. The highest BCUT2D eigenvalue weighted by atomic mass is 16.5. The van der Waals surface area contributed by atoms with Crippen LogP contribution in [0.15, 0.2) is 34.8 Å². The minimum Gasteiger partial charge on any atom is -0.488 e. The van der Waals surface area contributed by atoms with Gasteiger partial charge in [0.2, 0.25) is 0 Å². The summed E-state index contributed by atoms with van der Waals surface area (Å²) in [5, 5.41) is 0. The Hall–Kier alpha value is -2.18. The summed E-state index contributed by atoms with van der Waals surface area (Å²) in [6, 6.07) is 5.73. The van der Waals surface area contributed by atoms with Crippen LogP contribution >= 0.6 is 0 Å². The van der Waals surface area contributed by atoms with Gasteiger partial charge >= 0.3 is 0 Å². The van der Waals surface area contributed by atoms with Gasteiger partial charge in [0, 0.05) is 12.4 Å². The number of benzene rings is 1. The Morgan fingerprint density at radius 3 is 2.08 bits per heavy atom. The molecule has 6 heteroatoms. The Kier molecular flexibility index (Phi) is 8.60. The zero-order valence-electron chi connectivity index (χ0n) is 13.9. The lowest BCUT2D eigenvalue weighted by Gasteiger charge is -2.12. The molecular formula is C18H24N2O4. The van der Waals surface area contributed by atoms with Crippen molar-refractivity contribution in [2.24, 2.45) is 9.98 Å². The van der Waals surface area contributed by atoms with Crippen molar-refractivity contribution < 1.29 is 18.9 Å². The van der Waals surface area contributed by atoms with Crippen LogP contribution in [0.25, 0.3) is 6.08 Å². The van der Waals surface area contributed by atoms with Gasteiger partial charge in [-0.05, 0) is 17.7 Å². The first-order chi connectivity index (χ1) is 11.9. The van der Waals surface area contributed by atoms with Crippen LogP contribution in [0, 0.1) is 0 Å². The molecule has 2 rings (SSSR count). The molecule has 0 spiro atoms. The van der Waals surface area contributed by atoms with E-state index >= 15 is 0 Å². The number of hydrogen-bond donors (Lipinski definition) is 0. The first-order valence-corrected chi connectivity index (χ1v) is 8.04. The van der Waals surface area contributed by atoms with E-state index in [-0.39, 0.29) is 0 Å². The second-order valence-corrected chi connectivity index (χ2v) is 4.93. The molecule has 0 saturated heterocycles. The largest absolute Gasteiger partial charge is 0.488 e. The van der Waals surface area contributed by atoms with Crippen molar-refractivity contribution in [3.63, 3.8) is 0 Å². The topological polar surface area (TPSA) is 61.6 Å². The van der Waals surface area contributed by atoms with Gasteiger partial charge in [-0.1, -0.05) is 18.7 Å². The molecule has 0 aliphatic carbocycles. The number of fused-ring (bicyclic) bond motifs is 1. The van der Waals surface area contributed by atoms with Crippen molar-refractivity contribution in [3.8, 4) is 11.5 Å². The lowest BCUT2D eigenvalue weighted by Crippen LogP contribution is -2.09. The van der Waals surface area contributed by atoms with Crippen LogP contribution < -0.4 is 9.47 Å². The van der Waals surface area contributed by atoms with Gasteiger partial charge in [0.25, 0.3) is 0 Å². The smallest absolute Gasteiger partial charge is 0.161 e. The second kappa shape index (κ2) is 11.4. The fourth-order valence-corrected chi connectivity index (χ4v) is 1.98. The van der Waals surface area contributed by atoms with Crippen LogP contribution in [0.1, 0.15) is 5.56 Å². The number of aliphatic imine (C=N–C) groups is 2. The lowest BCUT2D eigenvalue weighted by molar-refractivity contribution is 0.0809. The fourth-order valence-electron chi connectivity index (χ4n) is 1.98. The third-order valence-corrected chi connectivity index (χ3v) is 3.17. The van der Waals surface area contributed by atoms with Crippen LogP contribution in [0.5, 0.6) is 11.5 Å². The summed E-state index contributed by atoms with van der Waals surface area (Å²) in [6.07, 6.45) is 5.26. The van der Waals surface area contributed by atoms with E-state index in [1.807, 2.05) is 18.2 Å². The molecule has 0 atom stereocenters. The third-order valence-electron chi connectivity index (χ3n) is 3.17. The van der Waals surface area contributed by atoms with Crippen molar-refractivity contribution >= 4 is 18.5 Å². The van der Waals surface area contributed by atoms with Crippen LogP contribution in [0.4, 0.5) is 0 Å². The van der Waals surface area contributed by atoms with E-state index in [9.17, 15) is 0 Å². The van der Waals surface area contributed by atoms with E-state index in [0.717, 1.165) is 5.56 Å². The maximum atomic E-state index is 5.79. The summed E-state index contributed by atoms with van der Waals surface area (Å²) in [5.41, 5.74) is 0.978. The van der Waals surface area contributed by atoms with Crippen molar-refractivity contribution in [1.82, 2.24) is 0 Å². The number of ether oxygens (including phenoxy) is 4. The normalized spacial score (nSPS) is 20.3. The molecule has 0 N–H and O–H groups in total. The highest BCUT2D eigenvalue weighted by molar-refractivity contribution is 5.59. The predicted molar refractivity (Wildman–Crippen MR) is 95.9 cm³/mol. The minimum atomic E-state index is 0.467.